The van der Waals surface area contributed by atoms with Crippen molar-refractivity contribution < 1.29 is 4.42 Å². The highest BCUT2D eigenvalue weighted by Crippen LogP contribution is 2.28. The Kier molecular flexibility index (Phi) is 2.96. The third-order valence-corrected chi connectivity index (χ3v) is 3.60. The van der Waals surface area contributed by atoms with Gasteiger partial charge in [0.15, 0.2) is 5.76 Å². The molecule has 1 atom stereocenters. The van der Waals surface area contributed by atoms with Gasteiger partial charge in [0.1, 0.15) is 6.04 Å². The zero-order chi connectivity index (χ0) is 12.4. The lowest BCUT2D eigenvalue weighted by Gasteiger charge is -2.06. The molecule has 0 fully saturated rings. The van der Waals surface area contributed by atoms with Crippen molar-refractivity contribution in [1.29, 1.82) is 0 Å². The maximum absolute atomic E-state index is 6.13. The highest BCUT2D eigenvalue weighted by Gasteiger charge is 2.15. The Morgan fingerprint density at radius 1 is 1.11 bits per heavy atom. The van der Waals surface area contributed by atoms with Crippen molar-refractivity contribution in [2.75, 3.05) is 0 Å². The molecule has 0 radical (unpaired) electrons. The molecule has 90 valence electrons. The zero-order valence-corrected chi connectivity index (χ0v) is 10.4. The Bertz CT molecular complexity index is 616. The van der Waals surface area contributed by atoms with Gasteiger partial charge < -0.3 is 10.2 Å². The van der Waals surface area contributed by atoms with Crippen LogP contribution >= 0.6 is 11.3 Å². The summed E-state index contributed by atoms with van der Waals surface area (Å²) in [6.45, 7) is 0. The zero-order valence-electron chi connectivity index (χ0n) is 9.61. The molecule has 0 spiro atoms. The van der Waals surface area contributed by atoms with E-state index in [1.807, 2.05) is 47.8 Å². The topological polar surface area (TPSA) is 52.0 Å². The fourth-order valence-electron chi connectivity index (χ4n) is 1.77. The minimum absolute atomic E-state index is 0.320. The fourth-order valence-corrected chi connectivity index (χ4v) is 2.44. The molecule has 18 heavy (non-hydrogen) atoms. The first-order valence-electron chi connectivity index (χ1n) is 5.65. The quantitative estimate of drug-likeness (QED) is 0.780. The lowest BCUT2D eigenvalue weighted by Crippen LogP contribution is -2.11. The Morgan fingerprint density at radius 3 is 2.67 bits per heavy atom. The highest BCUT2D eigenvalue weighted by molar-refractivity contribution is 7.13. The van der Waals surface area contributed by atoms with E-state index in [-0.39, 0.29) is 6.04 Å². The second-order valence-corrected chi connectivity index (χ2v) is 4.88. The van der Waals surface area contributed by atoms with Crippen LogP contribution in [0.1, 0.15) is 17.5 Å². The van der Waals surface area contributed by atoms with Crippen LogP contribution in [0.5, 0.6) is 0 Å². The standard InChI is InChI=1S/C14H12N2OS/c15-13(10-5-2-1-3-6-10)14-16-9-11(17-14)12-7-4-8-18-12/h1-9,13H,15H2. The van der Waals surface area contributed by atoms with Gasteiger partial charge in [0.25, 0.3) is 0 Å². The van der Waals surface area contributed by atoms with Gasteiger partial charge in [0.05, 0.1) is 11.1 Å². The van der Waals surface area contributed by atoms with Crippen molar-refractivity contribution in [1.82, 2.24) is 4.98 Å². The monoisotopic (exact) mass is 256 g/mol. The molecule has 0 saturated carbocycles. The summed E-state index contributed by atoms with van der Waals surface area (Å²) in [6.07, 6.45) is 1.73. The summed E-state index contributed by atoms with van der Waals surface area (Å²) < 4.78 is 5.72. The van der Waals surface area contributed by atoms with Crippen LogP contribution in [-0.4, -0.2) is 4.98 Å². The maximum atomic E-state index is 6.13. The summed E-state index contributed by atoms with van der Waals surface area (Å²) in [7, 11) is 0. The molecule has 2 heterocycles. The first-order valence-corrected chi connectivity index (χ1v) is 6.52. The summed E-state index contributed by atoms with van der Waals surface area (Å²) >= 11 is 1.62. The van der Waals surface area contributed by atoms with Crippen LogP contribution in [-0.2, 0) is 0 Å². The lowest BCUT2D eigenvalue weighted by molar-refractivity contribution is 0.485. The molecule has 0 aliphatic carbocycles. The van der Waals surface area contributed by atoms with E-state index in [1.165, 1.54) is 0 Å². The number of thiophene rings is 1. The lowest BCUT2D eigenvalue weighted by atomic mass is 10.1. The van der Waals surface area contributed by atoms with E-state index >= 15 is 0 Å². The molecule has 0 amide bonds. The number of aromatic nitrogens is 1. The van der Waals surface area contributed by atoms with Crippen LogP contribution in [0.15, 0.2) is 58.5 Å². The number of hydrogen-bond donors (Lipinski definition) is 1. The molecule has 0 aliphatic rings. The molecular formula is C14H12N2OS. The van der Waals surface area contributed by atoms with Crippen molar-refractivity contribution in [3.63, 3.8) is 0 Å². The van der Waals surface area contributed by atoms with Gasteiger partial charge in [-0.05, 0) is 17.0 Å². The van der Waals surface area contributed by atoms with E-state index in [2.05, 4.69) is 4.98 Å². The summed E-state index contributed by atoms with van der Waals surface area (Å²) in [5.41, 5.74) is 7.13. The number of hydrogen-bond acceptors (Lipinski definition) is 4. The highest BCUT2D eigenvalue weighted by atomic mass is 32.1. The van der Waals surface area contributed by atoms with Gasteiger partial charge in [-0.25, -0.2) is 4.98 Å². The fraction of sp³-hybridized carbons (Fsp3) is 0.0714. The molecule has 0 aliphatic heterocycles. The molecule has 0 bridgehead atoms. The minimum atomic E-state index is -0.320. The molecule has 3 rings (SSSR count). The first-order chi connectivity index (χ1) is 8.84. The molecule has 1 unspecified atom stereocenters. The van der Waals surface area contributed by atoms with E-state index in [9.17, 15) is 0 Å². The average molecular weight is 256 g/mol. The molecule has 3 aromatic rings. The van der Waals surface area contributed by atoms with Gasteiger partial charge in [-0.15, -0.1) is 11.3 Å². The summed E-state index contributed by atoms with van der Waals surface area (Å²) in [4.78, 5) is 5.33. The van der Waals surface area contributed by atoms with Gasteiger partial charge >= 0.3 is 0 Å². The molecule has 2 aromatic heterocycles. The number of nitrogens with two attached hydrogens (primary N) is 1. The van der Waals surface area contributed by atoms with Gasteiger partial charge in [-0.1, -0.05) is 36.4 Å². The van der Waals surface area contributed by atoms with E-state index in [4.69, 9.17) is 10.2 Å². The third kappa shape index (κ3) is 2.08. The van der Waals surface area contributed by atoms with Crippen LogP contribution in [0.3, 0.4) is 0 Å². The van der Waals surface area contributed by atoms with Crippen molar-refractivity contribution in [2.24, 2.45) is 5.73 Å². The minimum Gasteiger partial charge on any atom is -0.438 e. The predicted octanol–water partition coefficient (Wildman–Crippen LogP) is 3.45. The number of oxazole rings is 1. The summed E-state index contributed by atoms with van der Waals surface area (Å²) in [6, 6.07) is 13.5. The second kappa shape index (κ2) is 4.76. The van der Waals surface area contributed by atoms with Crippen LogP contribution in [0.2, 0.25) is 0 Å². The third-order valence-electron chi connectivity index (χ3n) is 2.71. The summed E-state index contributed by atoms with van der Waals surface area (Å²) in [5, 5.41) is 2.01. The Balaban J connectivity index is 1.90. The largest absolute Gasteiger partial charge is 0.438 e. The van der Waals surface area contributed by atoms with Gasteiger partial charge in [-0.3, -0.25) is 0 Å². The van der Waals surface area contributed by atoms with Crippen molar-refractivity contribution in [3.8, 4) is 10.6 Å². The average Bonchev–Trinajstić information content (AvgIpc) is 3.09. The Labute approximate surface area is 109 Å². The Morgan fingerprint density at radius 2 is 1.94 bits per heavy atom. The molecule has 3 nitrogen and oxygen atoms in total. The molecule has 4 heteroatoms. The van der Waals surface area contributed by atoms with Crippen LogP contribution in [0.25, 0.3) is 10.6 Å². The molecule has 0 saturated heterocycles. The molecular weight excluding hydrogens is 244 g/mol. The Hall–Kier alpha value is -1.91. The second-order valence-electron chi connectivity index (χ2n) is 3.93. The summed E-state index contributed by atoms with van der Waals surface area (Å²) in [5.74, 6) is 1.32. The van der Waals surface area contributed by atoms with E-state index in [0.717, 1.165) is 16.2 Å². The predicted molar refractivity (Wildman–Crippen MR) is 72.3 cm³/mol. The van der Waals surface area contributed by atoms with Gasteiger partial charge in [-0.2, -0.15) is 0 Å². The van der Waals surface area contributed by atoms with E-state index in [1.54, 1.807) is 17.5 Å². The van der Waals surface area contributed by atoms with E-state index in [0.29, 0.717) is 5.89 Å². The smallest absolute Gasteiger partial charge is 0.216 e. The van der Waals surface area contributed by atoms with Crippen LogP contribution in [0, 0.1) is 0 Å². The van der Waals surface area contributed by atoms with Crippen molar-refractivity contribution in [2.45, 2.75) is 6.04 Å². The van der Waals surface area contributed by atoms with Crippen LogP contribution in [0.4, 0.5) is 0 Å². The number of nitrogens with zero attached hydrogens (tertiary/aromatic N) is 1. The van der Waals surface area contributed by atoms with E-state index < -0.39 is 0 Å². The normalized spacial score (nSPS) is 12.5. The SMILES string of the molecule is NC(c1ccccc1)c1ncc(-c2cccs2)o1. The number of benzene rings is 1. The molecule has 1 aromatic carbocycles. The van der Waals surface area contributed by atoms with Crippen molar-refractivity contribution >= 4 is 11.3 Å². The number of rotatable bonds is 3. The van der Waals surface area contributed by atoms with Crippen molar-refractivity contribution in [3.05, 3.63) is 65.5 Å². The van der Waals surface area contributed by atoms with Crippen LogP contribution < -0.4 is 5.73 Å². The van der Waals surface area contributed by atoms with Gasteiger partial charge in [0.2, 0.25) is 5.89 Å². The molecule has 2 N–H and O–H groups in total. The first kappa shape index (κ1) is 11.2. The van der Waals surface area contributed by atoms with Gasteiger partial charge in [0, 0.05) is 0 Å². The maximum Gasteiger partial charge on any atom is 0.216 e.